The normalized spacial score (nSPS) is 24.5. The van der Waals surface area contributed by atoms with Crippen molar-refractivity contribution in [3.63, 3.8) is 0 Å². The molecule has 1 aliphatic carbocycles. The van der Waals surface area contributed by atoms with Crippen molar-refractivity contribution in [2.24, 2.45) is 5.41 Å². The predicted octanol–water partition coefficient (Wildman–Crippen LogP) is 0.359. The number of piperidine rings is 1. The molecule has 2 N–H and O–H groups in total. The Morgan fingerprint density at radius 2 is 2.06 bits per heavy atom. The van der Waals surface area contributed by atoms with Gasteiger partial charge in [-0.25, -0.2) is 0 Å². The first kappa shape index (κ1) is 11.9. The molecule has 0 aromatic rings. The van der Waals surface area contributed by atoms with Gasteiger partial charge in [-0.05, 0) is 25.7 Å². The predicted molar refractivity (Wildman–Crippen MR) is 62.0 cm³/mol. The first-order valence-electron chi connectivity index (χ1n) is 6.25. The lowest BCUT2D eigenvalue weighted by molar-refractivity contribution is -0.129. The standard InChI is InChI=1S/C12H22N2O2/c1-10(16)14-6-2-11(3-7-14)13-8-12(9-15)4-5-12/h11,13,15H,2-9H2,1H3. The van der Waals surface area contributed by atoms with Gasteiger partial charge >= 0.3 is 0 Å². The molecule has 0 atom stereocenters. The van der Waals surface area contributed by atoms with E-state index in [9.17, 15) is 9.90 Å². The second-order valence-corrected chi connectivity index (χ2v) is 5.32. The molecule has 4 heteroatoms. The largest absolute Gasteiger partial charge is 0.396 e. The molecule has 0 spiro atoms. The minimum absolute atomic E-state index is 0.187. The van der Waals surface area contributed by atoms with E-state index in [0.717, 1.165) is 45.3 Å². The number of likely N-dealkylation sites (tertiary alicyclic amines) is 1. The Kier molecular flexibility index (Phi) is 3.50. The van der Waals surface area contributed by atoms with Crippen LogP contribution in [0.5, 0.6) is 0 Å². The van der Waals surface area contributed by atoms with Crippen molar-refractivity contribution >= 4 is 5.91 Å². The molecule has 1 heterocycles. The van der Waals surface area contributed by atoms with Crippen LogP contribution in [0.25, 0.3) is 0 Å². The van der Waals surface area contributed by atoms with Crippen LogP contribution in [-0.2, 0) is 4.79 Å². The molecule has 0 bridgehead atoms. The average molecular weight is 226 g/mol. The number of carbonyl (C=O) groups is 1. The first-order valence-corrected chi connectivity index (χ1v) is 6.25. The molecule has 1 saturated heterocycles. The molecule has 2 rings (SSSR count). The van der Waals surface area contributed by atoms with Crippen LogP contribution in [0.3, 0.4) is 0 Å². The maximum Gasteiger partial charge on any atom is 0.219 e. The van der Waals surface area contributed by atoms with Gasteiger partial charge in [0.1, 0.15) is 0 Å². The van der Waals surface area contributed by atoms with E-state index in [0.29, 0.717) is 12.6 Å². The second-order valence-electron chi connectivity index (χ2n) is 5.32. The highest BCUT2D eigenvalue weighted by Crippen LogP contribution is 2.44. The van der Waals surface area contributed by atoms with E-state index < -0.39 is 0 Å². The first-order chi connectivity index (χ1) is 7.65. The summed E-state index contributed by atoms with van der Waals surface area (Å²) in [5.74, 6) is 0.187. The number of hydrogen-bond donors (Lipinski definition) is 2. The fourth-order valence-corrected chi connectivity index (χ4v) is 2.33. The van der Waals surface area contributed by atoms with E-state index in [1.807, 2.05) is 4.90 Å². The lowest BCUT2D eigenvalue weighted by atomic mass is 10.0. The van der Waals surface area contributed by atoms with Crippen LogP contribution in [0.15, 0.2) is 0 Å². The quantitative estimate of drug-likeness (QED) is 0.728. The van der Waals surface area contributed by atoms with Crippen molar-refractivity contribution in [2.45, 2.75) is 38.6 Å². The van der Waals surface area contributed by atoms with Gasteiger partial charge in [0.15, 0.2) is 0 Å². The molecule has 2 aliphatic rings. The summed E-state index contributed by atoms with van der Waals surface area (Å²) < 4.78 is 0. The summed E-state index contributed by atoms with van der Waals surface area (Å²) in [7, 11) is 0. The van der Waals surface area contributed by atoms with Crippen molar-refractivity contribution < 1.29 is 9.90 Å². The number of carbonyl (C=O) groups excluding carboxylic acids is 1. The summed E-state index contributed by atoms with van der Waals surface area (Å²) in [6, 6.07) is 0.527. The van der Waals surface area contributed by atoms with E-state index >= 15 is 0 Å². The maximum atomic E-state index is 11.2. The van der Waals surface area contributed by atoms with E-state index in [2.05, 4.69) is 5.32 Å². The van der Waals surface area contributed by atoms with Crippen molar-refractivity contribution in [1.82, 2.24) is 10.2 Å². The molecule has 0 aromatic carbocycles. The average Bonchev–Trinajstić information content (AvgIpc) is 3.08. The Balaban J connectivity index is 1.67. The van der Waals surface area contributed by atoms with Crippen molar-refractivity contribution in [3.8, 4) is 0 Å². The van der Waals surface area contributed by atoms with Crippen LogP contribution in [0, 0.1) is 5.41 Å². The summed E-state index contributed by atoms with van der Waals surface area (Å²) >= 11 is 0. The number of nitrogens with one attached hydrogen (secondary N) is 1. The zero-order valence-electron chi connectivity index (χ0n) is 10.0. The van der Waals surface area contributed by atoms with E-state index in [1.165, 1.54) is 0 Å². The summed E-state index contributed by atoms with van der Waals surface area (Å²) in [4.78, 5) is 13.1. The van der Waals surface area contributed by atoms with Crippen LogP contribution in [0.1, 0.15) is 32.6 Å². The number of amides is 1. The van der Waals surface area contributed by atoms with Gasteiger partial charge in [0.2, 0.25) is 5.91 Å². The Bertz CT molecular complexity index is 256. The number of aliphatic hydroxyl groups is 1. The zero-order valence-corrected chi connectivity index (χ0v) is 10.0. The minimum Gasteiger partial charge on any atom is -0.396 e. The summed E-state index contributed by atoms with van der Waals surface area (Å²) in [6.07, 6.45) is 4.40. The highest BCUT2D eigenvalue weighted by molar-refractivity contribution is 5.73. The molecule has 0 unspecified atom stereocenters. The van der Waals surface area contributed by atoms with Gasteiger partial charge in [-0.1, -0.05) is 0 Å². The van der Waals surface area contributed by atoms with Crippen LogP contribution in [-0.4, -0.2) is 48.2 Å². The Hall–Kier alpha value is -0.610. The molecule has 2 fully saturated rings. The van der Waals surface area contributed by atoms with Gasteiger partial charge in [-0.15, -0.1) is 0 Å². The van der Waals surface area contributed by atoms with Crippen LogP contribution in [0.4, 0.5) is 0 Å². The Labute approximate surface area is 97.0 Å². The molecule has 0 radical (unpaired) electrons. The fraction of sp³-hybridized carbons (Fsp3) is 0.917. The lowest BCUT2D eigenvalue weighted by Gasteiger charge is -2.32. The monoisotopic (exact) mass is 226 g/mol. The smallest absolute Gasteiger partial charge is 0.219 e. The van der Waals surface area contributed by atoms with Crippen LogP contribution in [0.2, 0.25) is 0 Å². The van der Waals surface area contributed by atoms with Gasteiger partial charge < -0.3 is 15.3 Å². The summed E-state index contributed by atoms with van der Waals surface area (Å²) in [5, 5.41) is 12.7. The Morgan fingerprint density at radius 3 is 2.50 bits per heavy atom. The highest BCUT2D eigenvalue weighted by atomic mass is 16.3. The van der Waals surface area contributed by atoms with E-state index in [-0.39, 0.29) is 11.3 Å². The molecule has 0 aromatic heterocycles. The third-order valence-corrected chi connectivity index (χ3v) is 4.00. The topological polar surface area (TPSA) is 52.6 Å². The second kappa shape index (κ2) is 4.72. The molecular weight excluding hydrogens is 204 g/mol. The molecule has 1 amide bonds. The maximum absolute atomic E-state index is 11.2. The number of hydrogen-bond acceptors (Lipinski definition) is 3. The molecule has 1 aliphatic heterocycles. The summed E-state index contributed by atoms with van der Waals surface area (Å²) in [6.45, 7) is 4.64. The lowest BCUT2D eigenvalue weighted by Crippen LogP contribution is -2.45. The van der Waals surface area contributed by atoms with Gasteiger partial charge in [0.25, 0.3) is 0 Å². The third-order valence-electron chi connectivity index (χ3n) is 4.00. The molecule has 16 heavy (non-hydrogen) atoms. The van der Waals surface area contributed by atoms with Gasteiger partial charge in [0.05, 0.1) is 0 Å². The van der Waals surface area contributed by atoms with E-state index in [4.69, 9.17) is 0 Å². The van der Waals surface area contributed by atoms with Crippen LogP contribution >= 0.6 is 0 Å². The number of nitrogens with zero attached hydrogens (tertiary/aromatic N) is 1. The number of aliphatic hydroxyl groups excluding tert-OH is 1. The minimum atomic E-state index is 0.187. The van der Waals surface area contributed by atoms with Crippen molar-refractivity contribution in [1.29, 1.82) is 0 Å². The zero-order chi connectivity index (χ0) is 11.6. The summed E-state index contributed by atoms with van der Waals surface area (Å²) in [5.41, 5.74) is 0.192. The van der Waals surface area contributed by atoms with E-state index in [1.54, 1.807) is 6.92 Å². The third kappa shape index (κ3) is 2.74. The van der Waals surface area contributed by atoms with Crippen molar-refractivity contribution in [3.05, 3.63) is 0 Å². The molecule has 92 valence electrons. The fourth-order valence-electron chi connectivity index (χ4n) is 2.33. The van der Waals surface area contributed by atoms with Crippen LogP contribution < -0.4 is 5.32 Å². The molecular formula is C12H22N2O2. The van der Waals surface area contributed by atoms with Gasteiger partial charge in [-0.2, -0.15) is 0 Å². The van der Waals surface area contributed by atoms with Gasteiger partial charge in [0, 0.05) is 44.6 Å². The SMILES string of the molecule is CC(=O)N1CCC(NCC2(CO)CC2)CC1. The molecule has 1 saturated carbocycles. The molecule has 4 nitrogen and oxygen atoms in total. The highest BCUT2D eigenvalue weighted by Gasteiger charge is 2.42. The number of rotatable bonds is 4. The van der Waals surface area contributed by atoms with Gasteiger partial charge in [-0.3, -0.25) is 4.79 Å². The van der Waals surface area contributed by atoms with Crippen molar-refractivity contribution in [2.75, 3.05) is 26.2 Å². The Morgan fingerprint density at radius 1 is 1.44 bits per heavy atom.